The molecule has 0 bridgehead atoms. The summed E-state index contributed by atoms with van der Waals surface area (Å²) >= 11 is 1.48. The molecule has 2 heterocycles. The molecular weight excluding hydrogens is 318 g/mol. The van der Waals surface area contributed by atoms with Crippen molar-refractivity contribution in [2.75, 3.05) is 13.1 Å². The van der Waals surface area contributed by atoms with Crippen molar-refractivity contribution in [1.29, 1.82) is 0 Å². The van der Waals surface area contributed by atoms with Crippen LogP contribution in [0.25, 0.3) is 5.57 Å². The first kappa shape index (κ1) is 15.5. The molecule has 0 spiro atoms. The van der Waals surface area contributed by atoms with Gasteiger partial charge in [-0.2, -0.15) is 0 Å². The van der Waals surface area contributed by atoms with Crippen LogP contribution in [0.4, 0.5) is 0 Å². The van der Waals surface area contributed by atoms with Crippen LogP contribution in [0.5, 0.6) is 0 Å². The zero-order valence-corrected chi connectivity index (χ0v) is 14.4. The summed E-state index contributed by atoms with van der Waals surface area (Å²) in [5, 5.41) is 0.453. The third kappa shape index (κ3) is 3.01. The summed E-state index contributed by atoms with van der Waals surface area (Å²) in [6.07, 6.45) is 4.34. The Kier molecular flexibility index (Phi) is 4.21. The predicted octanol–water partition coefficient (Wildman–Crippen LogP) is 3.24. The molecule has 2 N–H and O–H groups in total. The summed E-state index contributed by atoms with van der Waals surface area (Å²) in [5.74, 6) is -0.410. The van der Waals surface area contributed by atoms with Gasteiger partial charge >= 0.3 is 0 Å². The highest BCUT2D eigenvalue weighted by molar-refractivity contribution is 7.14. The second-order valence-corrected chi connectivity index (χ2v) is 7.54. The molecule has 0 fully saturated rings. The second kappa shape index (κ2) is 6.49. The number of hydrogen-bond donors (Lipinski definition) is 1. The van der Waals surface area contributed by atoms with Crippen molar-refractivity contribution in [3.8, 4) is 0 Å². The van der Waals surface area contributed by atoms with Gasteiger partial charge < -0.3 is 5.73 Å². The van der Waals surface area contributed by atoms with Gasteiger partial charge in [0.2, 0.25) is 0 Å². The summed E-state index contributed by atoms with van der Waals surface area (Å²) in [7, 11) is 0. The highest BCUT2D eigenvalue weighted by Crippen LogP contribution is 2.38. The fourth-order valence-corrected chi connectivity index (χ4v) is 4.72. The normalized spacial score (nSPS) is 18.0. The van der Waals surface area contributed by atoms with Gasteiger partial charge in [0.25, 0.3) is 5.91 Å². The van der Waals surface area contributed by atoms with E-state index in [2.05, 4.69) is 40.2 Å². The topological polar surface area (TPSA) is 59.2 Å². The average Bonchev–Trinajstić information content (AvgIpc) is 2.94. The number of hydrogen-bond acceptors (Lipinski definition) is 4. The van der Waals surface area contributed by atoms with Gasteiger partial charge in [-0.3, -0.25) is 9.69 Å². The molecule has 1 aromatic carbocycles. The molecule has 1 amide bonds. The Morgan fingerprint density at radius 1 is 1.21 bits per heavy atom. The monoisotopic (exact) mass is 339 g/mol. The maximum atomic E-state index is 11.5. The number of nitrogens with zero attached hydrogens (tertiary/aromatic N) is 2. The molecule has 0 radical (unpaired) electrons. The van der Waals surface area contributed by atoms with Crippen molar-refractivity contribution in [3.63, 3.8) is 0 Å². The summed E-state index contributed by atoms with van der Waals surface area (Å²) in [6.45, 7) is 3.01. The van der Waals surface area contributed by atoms with Gasteiger partial charge in [-0.05, 0) is 36.8 Å². The van der Waals surface area contributed by atoms with Crippen molar-refractivity contribution in [2.24, 2.45) is 5.73 Å². The van der Waals surface area contributed by atoms with E-state index >= 15 is 0 Å². The molecule has 0 saturated heterocycles. The third-order valence-corrected chi connectivity index (χ3v) is 6.03. The number of aromatic nitrogens is 1. The molecule has 1 aliphatic carbocycles. The van der Waals surface area contributed by atoms with Gasteiger partial charge in [-0.25, -0.2) is 4.98 Å². The van der Waals surface area contributed by atoms with E-state index < -0.39 is 5.91 Å². The summed E-state index contributed by atoms with van der Waals surface area (Å²) < 4.78 is 0. The number of nitrogens with two attached hydrogens (primary N) is 1. The Bertz CT molecular complexity index is 794. The van der Waals surface area contributed by atoms with Crippen molar-refractivity contribution in [3.05, 3.63) is 57.0 Å². The van der Waals surface area contributed by atoms with E-state index in [1.807, 2.05) is 0 Å². The van der Waals surface area contributed by atoms with Gasteiger partial charge in [-0.15, -0.1) is 11.3 Å². The van der Waals surface area contributed by atoms with E-state index in [1.165, 1.54) is 27.4 Å². The van der Waals surface area contributed by atoms with E-state index in [9.17, 15) is 4.79 Å². The standard InChI is InChI=1S/C19H21N3OS/c20-18(23)19-21-16-8-4-7-14-9-10-22(12-15(14)17(16)24-19)11-13-5-2-1-3-6-13/h1-3,5-6H,4,7-12H2,(H2,20,23). The molecule has 5 heteroatoms. The van der Waals surface area contributed by atoms with Crippen LogP contribution in [-0.2, 0) is 13.0 Å². The van der Waals surface area contributed by atoms with Crippen molar-refractivity contribution in [1.82, 2.24) is 9.88 Å². The zero-order valence-electron chi connectivity index (χ0n) is 13.6. The molecule has 4 rings (SSSR count). The first-order valence-corrected chi connectivity index (χ1v) is 9.29. The Labute approximate surface area is 146 Å². The zero-order chi connectivity index (χ0) is 16.5. The molecule has 124 valence electrons. The van der Waals surface area contributed by atoms with E-state index in [0.717, 1.165) is 51.0 Å². The first-order valence-electron chi connectivity index (χ1n) is 8.48. The lowest BCUT2D eigenvalue weighted by atomic mass is 9.96. The Balaban J connectivity index is 1.62. The van der Waals surface area contributed by atoms with E-state index in [-0.39, 0.29) is 0 Å². The fourth-order valence-electron chi connectivity index (χ4n) is 3.67. The minimum atomic E-state index is -0.410. The second-order valence-electron chi connectivity index (χ2n) is 6.54. The van der Waals surface area contributed by atoms with E-state index in [0.29, 0.717) is 5.01 Å². The van der Waals surface area contributed by atoms with Gasteiger partial charge in [0.1, 0.15) is 0 Å². The minimum absolute atomic E-state index is 0.410. The van der Waals surface area contributed by atoms with Crippen LogP contribution in [0.1, 0.15) is 45.2 Å². The largest absolute Gasteiger partial charge is 0.364 e. The minimum Gasteiger partial charge on any atom is -0.364 e. The molecule has 0 unspecified atom stereocenters. The molecule has 24 heavy (non-hydrogen) atoms. The number of carbonyl (C=O) groups excluding carboxylic acids is 1. The highest BCUT2D eigenvalue weighted by atomic mass is 32.1. The van der Waals surface area contributed by atoms with Crippen LogP contribution in [0.15, 0.2) is 35.9 Å². The summed E-state index contributed by atoms with van der Waals surface area (Å²) in [5.41, 5.74) is 10.8. The lowest BCUT2D eigenvalue weighted by Gasteiger charge is -2.30. The molecule has 0 atom stereocenters. The van der Waals surface area contributed by atoms with Crippen LogP contribution in [0, 0.1) is 0 Å². The van der Waals surface area contributed by atoms with Crippen LogP contribution < -0.4 is 5.73 Å². The lowest BCUT2D eigenvalue weighted by Crippen LogP contribution is -2.30. The quantitative estimate of drug-likeness (QED) is 0.934. The Morgan fingerprint density at radius 3 is 2.83 bits per heavy atom. The number of primary amides is 1. The number of amides is 1. The summed E-state index contributed by atoms with van der Waals surface area (Å²) in [4.78, 5) is 19.7. The SMILES string of the molecule is NC(=O)c1nc2c(s1)C1=C(CCC2)CCN(Cc2ccccc2)C1. The van der Waals surface area contributed by atoms with Gasteiger partial charge in [0, 0.05) is 19.6 Å². The average molecular weight is 339 g/mol. The number of rotatable bonds is 3. The van der Waals surface area contributed by atoms with Crippen molar-refractivity contribution >= 4 is 22.8 Å². The lowest BCUT2D eigenvalue weighted by molar-refractivity contribution is 0.0999. The Hall–Kier alpha value is -1.98. The molecule has 4 nitrogen and oxygen atoms in total. The number of carbonyl (C=O) groups is 1. The van der Waals surface area contributed by atoms with Gasteiger partial charge in [-0.1, -0.05) is 35.9 Å². The van der Waals surface area contributed by atoms with Crippen LogP contribution >= 0.6 is 11.3 Å². The molecule has 1 aromatic heterocycles. The molecule has 1 aliphatic heterocycles. The Morgan fingerprint density at radius 2 is 2.04 bits per heavy atom. The maximum absolute atomic E-state index is 11.5. The van der Waals surface area contributed by atoms with Crippen LogP contribution in [0.2, 0.25) is 0 Å². The fraction of sp³-hybridized carbons (Fsp3) is 0.368. The number of fused-ring (bicyclic) bond motifs is 2. The smallest absolute Gasteiger partial charge is 0.277 e. The van der Waals surface area contributed by atoms with Crippen molar-refractivity contribution in [2.45, 2.75) is 32.2 Å². The number of thiazole rings is 1. The molecular formula is C19H21N3OS. The predicted molar refractivity (Wildman–Crippen MR) is 96.8 cm³/mol. The maximum Gasteiger partial charge on any atom is 0.277 e. The molecule has 0 saturated carbocycles. The number of benzene rings is 1. The summed E-state index contributed by atoms with van der Waals surface area (Å²) in [6, 6.07) is 10.6. The third-order valence-electron chi connectivity index (χ3n) is 4.86. The first-order chi connectivity index (χ1) is 11.7. The highest BCUT2D eigenvalue weighted by Gasteiger charge is 2.27. The number of aryl methyl sites for hydroxylation is 1. The molecule has 2 aliphatic rings. The van der Waals surface area contributed by atoms with E-state index in [4.69, 9.17) is 5.73 Å². The van der Waals surface area contributed by atoms with Gasteiger partial charge in [0.15, 0.2) is 5.01 Å². The van der Waals surface area contributed by atoms with Gasteiger partial charge in [0.05, 0.1) is 10.6 Å². The van der Waals surface area contributed by atoms with E-state index in [1.54, 1.807) is 5.57 Å². The van der Waals surface area contributed by atoms with Crippen LogP contribution in [-0.4, -0.2) is 28.9 Å². The molecule has 2 aromatic rings. The van der Waals surface area contributed by atoms with Crippen LogP contribution in [0.3, 0.4) is 0 Å². The van der Waals surface area contributed by atoms with Crippen molar-refractivity contribution < 1.29 is 4.79 Å².